The van der Waals surface area contributed by atoms with E-state index in [4.69, 9.17) is 4.99 Å². The van der Waals surface area contributed by atoms with Gasteiger partial charge < -0.3 is 20.6 Å². The lowest BCUT2D eigenvalue weighted by Crippen LogP contribution is -2.40. The Hall–Kier alpha value is -0.860. The highest BCUT2D eigenvalue weighted by Gasteiger charge is 2.15. The van der Waals surface area contributed by atoms with Crippen molar-refractivity contribution in [2.24, 2.45) is 4.99 Å². The second kappa shape index (κ2) is 12.5. The van der Waals surface area contributed by atoms with Gasteiger partial charge in [0.15, 0.2) is 5.96 Å². The number of aryl methyl sites for hydroxylation is 2. The molecule has 0 spiro atoms. The van der Waals surface area contributed by atoms with Gasteiger partial charge in [0.2, 0.25) is 0 Å². The highest BCUT2D eigenvalue weighted by atomic mass is 127. The molecule has 1 aromatic rings. The molecule has 0 bridgehead atoms. The Morgan fingerprint density at radius 2 is 1.96 bits per heavy atom. The van der Waals surface area contributed by atoms with Crippen molar-refractivity contribution in [1.82, 2.24) is 15.5 Å². The number of hydrogen-bond donors (Lipinski definition) is 3. The van der Waals surface area contributed by atoms with Crippen LogP contribution in [0, 0.1) is 13.8 Å². The molecule has 26 heavy (non-hydrogen) atoms. The number of halogens is 1. The van der Waals surface area contributed by atoms with E-state index in [1.54, 1.807) is 0 Å². The van der Waals surface area contributed by atoms with Gasteiger partial charge in [-0.3, -0.25) is 0 Å². The maximum Gasteiger partial charge on any atom is 0.191 e. The van der Waals surface area contributed by atoms with E-state index in [9.17, 15) is 5.11 Å². The number of piperidine rings is 1. The zero-order valence-electron chi connectivity index (χ0n) is 16.4. The first-order valence-electron chi connectivity index (χ1n) is 9.57. The lowest BCUT2D eigenvalue weighted by atomic mass is 10.1. The van der Waals surface area contributed by atoms with Gasteiger partial charge >= 0.3 is 0 Å². The van der Waals surface area contributed by atoms with E-state index in [1.807, 2.05) is 0 Å². The van der Waals surface area contributed by atoms with Crippen LogP contribution in [0.5, 0.6) is 0 Å². The summed E-state index contributed by atoms with van der Waals surface area (Å²) in [6.45, 7) is 11.9. The third-order valence-corrected chi connectivity index (χ3v) is 4.75. The first-order valence-corrected chi connectivity index (χ1v) is 9.57. The molecule has 1 fully saturated rings. The van der Waals surface area contributed by atoms with E-state index < -0.39 is 0 Å². The Labute approximate surface area is 175 Å². The average molecular weight is 474 g/mol. The predicted molar refractivity (Wildman–Crippen MR) is 120 cm³/mol. The summed E-state index contributed by atoms with van der Waals surface area (Å²) in [6, 6.07) is 6.52. The number of nitrogens with one attached hydrogen (secondary N) is 2. The van der Waals surface area contributed by atoms with Gasteiger partial charge in [0.05, 0.1) is 12.6 Å². The zero-order valence-corrected chi connectivity index (χ0v) is 18.8. The standard InChI is InChI=1S/C20H34N4O.HI/c1-4-21-20(23-15-18-7-6-16(2)14-17(18)3)22-10-5-11-24-12-8-19(25)9-13-24;/h6-7,14,19,25H,4-5,8-13,15H2,1-3H3,(H2,21,22,23);1H. The van der Waals surface area contributed by atoms with Crippen molar-refractivity contribution in [2.45, 2.75) is 52.7 Å². The molecule has 2 rings (SSSR count). The lowest BCUT2D eigenvalue weighted by molar-refractivity contribution is 0.0823. The maximum atomic E-state index is 9.56. The lowest BCUT2D eigenvalue weighted by Gasteiger charge is -2.29. The zero-order chi connectivity index (χ0) is 18.1. The van der Waals surface area contributed by atoms with Crippen molar-refractivity contribution < 1.29 is 5.11 Å². The fourth-order valence-corrected chi connectivity index (χ4v) is 3.18. The van der Waals surface area contributed by atoms with Gasteiger partial charge in [0, 0.05) is 26.2 Å². The number of benzene rings is 1. The predicted octanol–water partition coefficient (Wildman–Crippen LogP) is 2.82. The Bertz CT molecular complexity index is 557. The van der Waals surface area contributed by atoms with Gasteiger partial charge in [-0.15, -0.1) is 24.0 Å². The van der Waals surface area contributed by atoms with Crippen LogP contribution < -0.4 is 10.6 Å². The van der Waals surface area contributed by atoms with Crippen LogP contribution in [0.4, 0.5) is 0 Å². The van der Waals surface area contributed by atoms with Crippen molar-refractivity contribution in [2.75, 3.05) is 32.7 Å². The molecular weight excluding hydrogens is 439 g/mol. The molecule has 0 saturated carbocycles. The quantitative estimate of drug-likeness (QED) is 0.246. The SMILES string of the molecule is CCNC(=NCc1ccc(C)cc1C)NCCCN1CCC(O)CC1.I. The molecule has 0 atom stereocenters. The summed E-state index contributed by atoms with van der Waals surface area (Å²) in [5.74, 6) is 0.886. The van der Waals surface area contributed by atoms with Gasteiger partial charge in [-0.05, 0) is 57.7 Å². The summed E-state index contributed by atoms with van der Waals surface area (Å²) in [5, 5.41) is 16.3. The van der Waals surface area contributed by atoms with Crippen LogP contribution in [0.15, 0.2) is 23.2 Å². The summed E-state index contributed by atoms with van der Waals surface area (Å²) >= 11 is 0. The van der Waals surface area contributed by atoms with E-state index in [1.165, 1.54) is 16.7 Å². The molecule has 0 amide bonds. The summed E-state index contributed by atoms with van der Waals surface area (Å²) in [7, 11) is 0. The minimum absolute atomic E-state index is 0. The molecule has 1 aliphatic rings. The number of guanidine groups is 1. The number of hydrogen-bond acceptors (Lipinski definition) is 3. The fraction of sp³-hybridized carbons (Fsp3) is 0.650. The normalized spacial score (nSPS) is 16.2. The summed E-state index contributed by atoms with van der Waals surface area (Å²) in [6.07, 6.45) is 2.82. The van der Waals surface area contributed by atoms with Crippen LogP contribution in [-0.4, -0.2) is 54.8 Å². The average Bonchev–Trinajstić information content (AvgIpc) is 2.59. The van der Waals surface area contributed by atoms with E-state index in [-0.39, 0.29) is 30.1 Å². The van der Waals surface area contributed by atoms with Crippen LogP contribution >= 0.6 is 24.0 Å². The van der Waals surface area contributed by atoms with E-state index in [0.29, 0.717) is 6.54 Å². The number of aliphatic hydroxyl groups is 1. The Kier molecular flexibility index (Phi) is 11.2. The van der Waals surface area contributed by atoms with Gasteiger partial charge in [-0.1, -0.05) is 23.8 Å². The fourth-order valence-electron chi connectivity index (χ4n) is 3.18. The monoisotopic (exact) mass is 474 g/mol. The van der Waals surface area contributed by atoms with Crippen molar-refractivity contribution in [3.05, 3.63) is 34.9 Å². The third-order valence-electron chi connectivity index (χ3n) is 4.75. The van der Waals surface area contributed by atoms with Crippen LogP contribution in [0.3, 0.4) is 0 Å². The van der Waals surface area contributed by atoms with E-state index in [0.717, 1.165) is 57.9 Å². The van der Waals surface area contributed by atoms with Gasteiger partial charge in [0.1, 0.15) is 0 Å². The van der Waals surface area contributed by atoms with Crippen LogP contribution in [0.2, 0.25) is 0 Å². The van der Waals surface area contributed by atoms with Crippen LogP contribution in [0.25, 0.3) is 0 Å². The topological polar surface area (TPSA) is 59.9 Å². The summed E-state index contributed by atoms with van der Waals surface area (Å²) in [5.41, 5.74) is 3.86. The molecule has 0 aromatic heterocycles. The maximum absolute atomic E-state index is 9.56. The number of nitrogens with zero attached hydrogens (tertiary/aromatic N) is 2. The first kappa shape index (κ1) is 23.2. The molecule has 0 aliphatic carbocycles. The molecule has 148 valence electrons. The Morgan fingerprint density at radius 3 is 2.62 bits per heavy atom. The van der Waals surface area contributed by atoms with Crippen molar-refractivity contribution >= 4 is 29.9 Å². The van der Waals surface area contributed by atoms with Crippen molar-refractivity contribution in [3.63, 3.8) is 0 Å². The second-order valence-electron chi connectivity index (χ2n) is 6.98. The molecular formula is C20H35IN4O. The Morgan fingerprint density at radius 1 is 1.23 bits per heavy atom. The van der Waals surface area contributed by atoms with Crippen LogP contribution in [0.1, 0.15) is 42.9 Å². The number of likely N-dealkylation sites (tertiary alicyclic amines) is 1. The molecule has 6 heteroatoms. The molecule has 1 saturated heterocycles. The van der Waals surface area contributed by atoms with E-state index >= 15 is 0 Å². The summed E-state index contributed by atoms with van der Waals surface area (Å²) in [4.78, 5) is 7.15. The van der Waals surface area contributed by atoms with Gasteiger partial charge in [0.25, 0.3) is 0 Å². The minimum Gasteiger partial charge on any atom is -0.393 e. The molecule has 0 unspecified atom stereocenters. The molecule has 1 aromatic carbocycles. The minimum atomic E-state index is -0.0907. The number of rotatable bonds is 7. The molecule has 1 aliphatic heterocycles. The highest BCUT2D eigenvalue weighted by Crippen LogP contribution is 2.11. The largest absolute Gasteiger partial charge is 0.393 e. The summed E-state index contributed by atoms with van der Waals surface area (Å²) < 4.78 is 0. The highest BCUT2D eigenvalue weighted by molar-refractivity contribution is 14.0. The number of aliphatic imine (C=N–C) groups is 1. The van der Waals surface area contributed by atoms with E-state index in [2.05, 4.69) is 54.5 Å². The second-order valence-corrected chi connectivity index (χ2v) is 6.98. The molecule has 3 N–H and O–H groups in total. The molecule has 0 radical (unpaired) electrons. The Balaban J connectivity index is 0.00000338. The van der Waals surface area contributed by atoms with Gasteiger partial charge in [-0.2, -0.15) is 0 Å². The first-order chi connectivity index (χ1) is 12.1. The van der Waals surface area contributed by atoms with Crippen molar-refractivity contribution in [3.8, 4) is 0 Å². The number of aliphatic hydroxyl groups excluding tert-OH is 1. The third kappa shape index (κ3) is 8.22. The molecule has 1 heterocycles. The van der Waals surface area contributed by atoms with Crippen molar-refractivity contribution in [1.29, 1.82) is 0 Å². The smallest absolute Gasteiger partial charge is 0.191 e. The van der Waals surface area contributed by atoms with Crippen LogP contribution in [-0.2, 0) is 6.54 Å². The van der Waals surface area contributed by atoms with Gasteiger partial charge in [-0.25, -0.2) is 4.99 Å². The molecule has 5 nitrogen and oxygen atoms in total.